The highest BCUT2D eigenvalue weighted by Crippen LogP contribution is 2.29. The lowest BCUT2D eigenvalue weighted by atomic mass is 10.2. The van der Waals surface area contributed by atoms with E-state index in [4.69, 9.17) is 4.74 Å². The molecular weight excluding hydrogens is 408 g/mol. The predicted octanol–water partition coefficient (Wildman–Crippen LogP) is 4.62. The van der Waals surface area contributed by atoms with Crippen molar-refractivity contribution >= 4 is 43.2 Å². The molecule has 1 aromatic heterocycles. The van der Waals surface area contributed by atoms with Crippen LogP contribution in [0.4, 0.5) is 5.69 Å². The Balaban J connectivity index is 1.59. The summed E-state index contributed by atoms with van der Waals surface area (Å²) in [6, 6.07) is 20.2. The van der Waals surface area contributed by atoms with E-state index in [0.717, 1.165) is 10.3 Å². The van der Waals surface area contributed by atoms with Crippen molar-refractivity contribution in [2.24, 2.45) is 0 Å². The quantitative estimate of drug-likeness (QED) is 0.373. The summed E-state index contributed by atoms with van der Waals surface area (Å²) < 4.78 is 34.1. The van der Waals surface area contributed by atoms with Crippen LogP contribution in [0.2, 0.25) is 0 Å². The summed E-state index contributed by atoms with van der Waals surface area (Å²) in [6.07, 6.45) is 0. The number of nitrogens with zero attached hydrogens (tertiary/aromatic N) is 1. The van der Waals surface area contributed by atoms with E-state index in [1.165, 1.54) is 35.6 Å². The van der Waals surface area contributed by atoms with Crippen LogP contribution >= 0.6 is 11.3 Å². The van der Waals surface area contributed by atoms with Crippen LogP contribution in [-0.4, -0.2) is 19.4 Å². The average Bonchev–Trinajstić information content (AvgIpc) is 3.14. The summed E-state index contributed by atoms with van der Waals surface area (Å²) in [4.78, 5) is 17.0. The number of ether oxygens (including phenoxy) is 1. The second kappa shape index (κ2) is 7.65. The first-order valence-corrected chi connectivity index (χ1v) is 11.0. The van der Waals surface area contributed by atoms with Crippen molar-refractivity contribution in [2.45, 2.75) is 11.8 Å². The maximum atomic E-state index is 12.7. The molecule has 146 valence electrons. The normalized spacial score (nSPS) is 11.3. The van der Waals surface area contributed by atoms with Gasteiger partial charge in [0.25, 0.3) is 10.0 Å². The Labute approximate surface area is 171 Å². The van der Waals surface area contributed by atoms with E-state index in [1.54, 1.807) is 24.3 Å². The van der Waals surface area contributed by atoms with Gasteiger partial charge >= 0.3 is 5.97 Å². The molecule has 0 aliphatic carbocycles. The van der Waals surface area contributed by atoms with Gasteiger partial charge in [0.05, 0.1) is 20.8 Å². The van der Waals surface area contributed by atoms with Crippen molar-refractivity contribution in [1.29, 1.82) is 0 Å². The van der Waals surface area contributed by atoms with Gasteiger partial charge in [-0.25, -0.2) is 18.2 Å². The zero-order valence-electron chi connectivity index (χ0n) is 15.3. The number of rotatable bonds is 5. The molecule has 0 bridgehead atoms. The van der Waals surface area contributed by atoms with Crippen molar-refractivity contribution < 1.29 is 17.9 Å². The fourth-order valence-corrected chi connectivity index (χ4v) is 4.58. The second-order valence-electron chi connectivity index (χ2n) is 6.29. The van der Waals surface area contributed by atoms with Crippen LogP contribution in [0.5, 0.6) is 5.75 Å². The molecule has 4 aromatic rings. The smallest absolute Gasteiger partial charge is 0.372 e. The highest BCUT2D eigenvalue weighted by atomic mass is 32.2. The van der Waals surface area contributed by atoms with E-state index in [1.807, 2.05) is 31.2 Å². The van der Waals surface area contributed by atoms with Gasteiger partial charge in [0.2, 0.25) is 5.01 Å². The molecule has 0 fully saturated rings. The molecule has 1 N–H and O–H groups in total. The Kier molecular flexibility index (Phi) is 5.04. The van der Waals surface area contributed by atoms with E-state index in [9.17, 15) is 13.2 Å². The minimum Gasteiger partial charge on any atom is -0.419 e. The fourth-order valence-electron chi connectivity index (χ4n) is 2.66. The topological polar surface area (TPSA) is 85.4 Å². The zero-order valence-corrected chi connectivity index (χ0v) is 17.0. The molecule has 0 aliphatic rings. The summed E-state index contributed by atoms with van der Waals surface area (Å²) in [5.41, 5.74) is 1.83. The van der Waals surface area contributed by atoms with Crippen LogP contribution in [0.1, 0.15) is 15.4 Å². The van der Waals surface area contributed by atoms with Crippen LogP contribution in [-0.2, 0) is 10.0 Å². The summed E-state index contributed by atoms with van der Waals surface area (Å²) in [5.74, 6) is -0.541. The van der Waals surface area contributed by atoms with Crippen molar-refractivity contribution in [1.82, 2.24) is 4.98 Å². The number of aryl methyl sites for hydroxylation is 1. The third kappa shape index (κ3) is 4.13. The predicted molar refractivity (Wildman–Crippen MR) is 113 cm³/mol. The Hall–Kier alpha value is -3.23. The lowest BCUT2D eigenvalue weighted by Crippen LogP contribution is -2.15. The van der Waals surface area contributed by atoms with E-state index in [2.05, 4.69) is 9.71 Å². The molecule has 6 nitrogen and oxygen atoms in total. The molecule has 1 heterocycles. The number of esters is 1. The number of aromatic nitrogens is 1. The number of anilines is 1. The van der Waals surface area contributed by atoms with Crippen LogP contribution < -0.4 is 9.46 Å². The van der Waals surface area contributed by atoms with E-state index in [-0.39, 0.29) is 21.3 Å². The fraction of sp³-hybridized carbons (Fsp3) is 0.0476. The number of thiazole rings is 1. The SMILES string of the molecule is Cc1ccc(S(=O)(=O)Nc2ccccc2OC(=O)c2nc3ccccc3s2)cc1. The van der Waals surface area contributed by atoms with Gasteiger partial charge in [-0.3, -0.25) is 4.72 Å². The number of sulfonamides is 1. The summed E-state index contributed by atoms with van der Waals surface area (Å²) >= 11 is 1.22. The summed E-state index contributed by atoms with van der Waals surface area (Å²) in [7, 11) is -3.83. The van der Waals surface area contributed by atoms with Gasteiger partial charge in [-0.2, -0.15) is 0 Å². The maximum Gasteiger partial charge on any atom is 0.372 e. The molecule has 0 atom stereocenters. The van der Waals surface area contributed by atoms with Gasteiger partial charge < -0.3 is 4.74 Å². The summed E-state index contributed by atoms with van der Waals surface area (Å²) in [6.45, 7) is 1.88. The highest BCUT2D eigenvalue weighted by Gasteiger charge is 2.20. The van der Waals surface area contributed by atoms with E-state index >= 15 is 0 Å². The van der Waals surface area contributed by atoms with Gasteiger partial charge in [-0.1, -0.05) is 42.0 Å². The number of carbonyl (C=O) groups is 1. The highest BCUT2D eigenvalue weighted by molar-refractivity contribution is 7.92. The Morgan fingerprint density at radius 1 is 0.966 bits per heavy atom. The van der Waals surface area contributed by atoms with Crippen LogP contribution in [0, 0.1) is 6.92 Å². The molecule has 3 aromatic carbocycles. The van der Waals surface area contributed by atoms with E-state index in [0.29, 0.717) is 5.52 Å². The molecule has 0 aliphatic heterocycles. The minimum atomic E-state index is -3.83. The van der Waals surface area contributed by atoms with Gasteiger partial charge in [-0.15, -0.1) is 11.3 Å². The van der Waals surface area contributed by atoms with Crippen molar-refractivity contribution in [2.75, 3.05) is 4.72 Å². The molecular formula is C21H16N2O4S2. The Morgan fingerprint density at radius 2 is 1.66 bits per heavy atom. The standard InChI is InChI=1S/C21H16N2O4S2/c1-14-10-12-15(13-11-14)29(25,26)23-16-6-2-4-8-18(16)27-21(24)20-22-17-7-3-5-9-19(17)28-20/h2-13,23H,1H3. The summed E-state index contributed by atoms with van der Waals surface area (Å²) in [5, 5.41) is 0.197. The molecule has 0 amide bonds. The number of hydrogen-bond acceptors (Lipinski definition) is 6. The van der Waals surface area contributed by atoms with Crippen LogP contribution in [0.3, 0.4) is 0 Å². The second-order valence-corrected chi connectivity index (χ2v) is 9.00. The van der Waals surface area contributed by atoms with Gasteiger partial charge in [0.1, 0.15) is 0 Å². The van der Waals surface area contributed by atoms with Crippen molar-refractivity contribution in [3.8, 4) is 5.75 Å². The van der Waals surface area contributed by atoms with E-state index < -0.39 is 16.0 Å². The molecule has 4 rings (SSSR count). The number of carbonyl (C=O) groups excluding carboxylic acids is 1. The first-order chi connectivity index (χ1) is 13.9. The lowest BCUT2D eigenvalue weighted by Gasteiger charge is -2.12. The first-order valence-electron chi connectivity index (χ1n) is 8.69. The monoisotopic (exact) mass is 424 g/mol. The van der Waals surface area contributed by atoms with Gasteiger partial charge in [0, 0.05) is 0 Å². The van der Waals surface area contributed by atoms with Crippen LogP contribution in [0.15, 0.2) is 77.7 Å². The Morgan fingerprint density at radius 3 is 2.41 bits per heavy atom. The Bertz CT molecular complexity index is 1260. The number of para-hydroxylation sites is 3. The molecule has 29 heavy (non-hydrogen) atoms. The molecule has 0 saturated heterocycles. The number of benzene rings is 3. The number of fused-ring (bicyclic) bond motifs is 1. The third-order valence-corrected chi connectivity index (χ3v) is 6.53. The third-order valence-electron chi connectivity index (χ3n) is 4.13. The van der Waals surface area contributed by atoms with Crippen molar-refractivity contribution in [3.63, 3.8) is 0 Å². The molecule has 0 unspecified atom stereocenters. The molecule has 8 heteroatoms. The zero-order chi connectivity index (χ0) is 20.4. The number of hydrogen-bond donors (Lipinski definition) is 1. The average molecular weight is 425 g/mol. The molecule has 0 spiro atoms. The lowest BCUT2D eigenvalue weighted by molar-refractivity contribution is 0.0735. The minimum absolute atomic E-state index is 0.104. The van der Waals surface area contributed by atoms with Gasteiger partial charge in [-0.05, 0) is 43.3 Å². The largest absolute Gasteiger partial charge is 0.419 e. The molecule has 0 saturated carbocycles. The number of nitrogens with one attached hydrogen (secondary N) is 1. The first kappa shape index (κ1) is 19.1. The molecule has 0 radical (unpaired) electrons. The van der Waals surface area contributed by atoms with Crippen LogP contribution in [0.25, 0.3) is 10.2 Å². The van der Waals surface area contributed by atoms with Crippen molar-refractivity contribution in [3.05, 3.63) is 83.4 Å². The maximum absolute atomic E-state index is 12.7. The van der Waals surface area contributed by atoms with Gasteiger partial charge in [0.15, 0.2) is 5.75 Å².